The van der Waals surface area contributed by atoms with Crippen molar-refractivity contribution in [2.24, 2.45) is 0 Å². The van der Waals surface area contributed by atoms with Crippen LogP contribution in [-0.2, 0) is 65.5 Å². The summed E-state index contributed by atoms with van der Waals surface area (Å²) in [6.07, 6.45) is -0.532. The second kappa shape index (κ2) is 55.1. The van der Waals surface area contributed by atoms with Crippen LogP contribution in [0.25, 0.3) is 0 Å². The van der Waals surface area contributed by atoms with Gasteiger partial charge in [0.15, 0.2) is 0 Å². The third kappa shape index (κ3) is 51.5. The average Bonchev–Trinajstić information content (AvgIpc) is 0.844. The number of carbonyl (C=O) groups excluding carboxylic acids is 7. The maximum atomic E-state index is 11.5. The monoisotopic (exact) mass is 1890 g/mol. The number of rotatable bonds is 35. The van der Waals surface area contributed by atoms with Crippen LogP contribution >= 0.6 is 88.0 Å². The van der Waals surface area contributed by atoms with Crippen molar-refractivity contribution in [1.82, 2.24) is 35.4 Å². The summed E-state index contributed by atoms with van der Waals surface area (Å²) < 4.78 is 83.0. The van der Waals surface area contributed by atoms with E-state index in [1.165, 1.54) is 70.3 Å². The van der Waals surface area contributed by atoms with E-state index < -0.39 is 117 Å². The van der Waals surface area contributed by atoms with E-state index in [0.29, 0.717) is 74.0 Å². The van der Waals surface area contributed by atoms with Crippen molar-refractivity contribution < 1.29 is 175 Å². The first-order valence-electron chi connectivity index (χ1n) is 34.5. The van der Waals surface area contributed by atoms with Crippen LogP contribution in [0.1, 0.15) is 148 Å². The fourth-order valence-corrected chi connectivity index (χ4v) is 16.0. The number of benzene rings is 5. The molecule has 0 aliphatic rings. The predicted octanol–water partition coefficient (Wildman–Crippen LogP) is 9.14. The van der Waals surface area contributed by atoms with E-state index in [9.17, 15) is 140 Å². The van der Waals surface area contributed by atoms with Gasteiger partial charge in [-0.1, -0.05) is 125 Å². The molecule has 5 aromatic rings. The summed E-state index contributed by atoms with van der Waals surface area (Å²) in [4.78, 5) is 202. The van der Waals surface area contributed by atoms with Gasteiger partial charge in [-0.25, -0.2) is 35.4 Å². The standard InChI is InChI=1S/C12H18NO6P.C12H18NO5P.C11H14Cl2NO5P.C11H15ClNO5P.C11H16NO5P.C5H12NO5P.C4H10NO5P/c1-9(14)13(15)8-7-12(20(16,17)18)10-3-5-11(19-2)6-4-10;1-9-3-5-11(6-4-9)12(19(16,17)18)7-8-13(15)10(2)14;1-7(15)14(16)5-4-11(20(17,18)19)8-2-3-9(12)10(13)6-8;1-8(14)13(15)7-6-11(19(16,17)18)9-2-4-10(12)5-3-9;1-9(13)12(14)8-7-11(18(15,16)17)10-5-3-2-4-6-10;1-5(7)6(8)3-2-4-12(9,10)11;6-4-5(7)2-1-3-11(8,9)10/h3-6,12,15H,7-8H2,1-2H3,(H2,16,17,18);3-6,12,15H,7-8H2,1-2H3,(H2,16,17,18);2-3,6,11,16H,4-5H2,1H3,(H2,17,18,19);2-5,11,15H,6-7H2,1H3,(H2,16,17,18);2-6,11,14H,7-8H2,1H3,(H2,15,16,17);8H,2-4H2,1H3,(H2,9,10,11);4,7H,1-3H2,(H2,8,9,10). The summed E-state index contributed by atoms with van der Waals surface area (Å²) in [7, 11) is -28.4. The second-order valence-corrected chi connectivity index (χ2v) is 39.2. The molecule has 0 aromatic heterocycles. The van der Waals surface area contributed by atoms with E-state index in [1.807, 2.05) is 6.92 Å². The molecule has 674 valence electrons. The Bertz CT molecular complexity index is 4220. The Morgan fingerprint density at radius 1 is 0.353 bits per heavy atom. The lowest BCUT2D eigenvalue weighted by Crippen LogP contribution is -2.26. The van der Waals surface area contributed by atoms with Gasteiger partial charge in [0.2, 0.25) is 41.9 Å². The maximum Gasteiger partial charge on any atom is 0.333 e. The van der Waals surface area contributed by atoms with Crippen molar-refractivity contribution >= 4 is 130 Å². The van der Waals surface area contributed by atoms with E-state index in [4.69, 9.17) is 69.5 Å². The molecule has 0 aliphatic carbocycles. The van der Waals surface area contributed by atoms with Gasteiger partial charge in [0.05, 0.1) is 57.8 Å². The Hall–Kier alpha value is -6.17. The Labute approximate surface area is 699 Å². The molecule has 0 radical (unpaired) electrons. The largest absolute Gasteiger partial charge is 0.497 e. The number of halogens is 3. The van der Waals surface area contributed by atoms with Gasteiger partial charge in [0, 0.05) is 92.4 Å². The predicted molar refractivity (Wildman–Crippen MR) is 428 cm³/mol. The zero-order valence-electron chi connectivity index (χ0n) is 65.2. The molecule has 0 heterocycles. The van der Waals surface area contributed by atoms with Gasteiger partial charge in [0.25, 0.3) is 0 Å². The summed E-state index contributed by atoms with van der Waals surface area (Å²) in [6.45, 7) is 7.98. The van der Waals surface area contributed by atoms with Crippen molar-refractivity contribution in [2.45, 2.75) is 122 Å². The molecule has 53 heteroatoms. The number of nitrogens with zero attached hydrogens (tertiary/aromatic N) is 7. The van der Waals surface area contributed by atoms with Gasteiger partial charge in [-0.15, -0.1) is 0 Å². The lowest BCUT2D eigenvalue weighted by molar-refractivity contribution is -0.163. The third-order valence-electron chi connectivity index (χ3n) is 15.8. The van der Waals surface area contributed by atoms with Gasteiger partial charge in [0.1, 0.15) is 5.75 Å². The highest BCUT2D eigenvalue weighted by Gasteiger charge is 2.36. The quantitative estimate of drug-likeness (QED) is 0.00777. The van der Waals surface area contributed by atoms with Gasteiger partial charge < -0.3 is 73.2 Å². The zero-order valence-corrected chi connectivity index (χ0v) is 73.8. The second-order valence-electron chi connectivity index (χ2n) is 25.4. The highest BCUT2D eigenvalue weighted by molar-refractivity contribution is 7.53. The van der Waals surface area contributed by atoms with Crippen LogP contribution in [0.4, 0.5) is 0 Å². The molecule has 5 rings (SSSR count). The summed E-state index contributed by atoms with van der Waals surface area (Å²) in [6, 6.07) is 31.8. The topological polar surface area (TPSA) is 696 Å². The van der Waals surface area contributed by atoms with Gasteiger partial charge in [-0.3, -0.25) is 102 Å². The molecular formula is C66H103Cl3N7O36P7. The van der Waals surface area contributed by atoms with E-state index >= 15 is 0 Å². The zero-order chi connectivity index (χ0) is 92.5. The number of aryl methyl sites for hydroxylation is 1. The first-order valence-corrected chi connectivity index (χ1v) is 47.6. The van der Waals surface area contributed by atoms with E-state index in [0.717, 1.165) is 26.3 Å². The first kappa shape index (κ1) is 115. The third-order valence-corrected chi connectivity index (χ3v) is 25.4. The van der Waals surface area contributed by atoms with Gasteiger partial charge in [-0.2, -0.15) is 0 Å². The molecular weight excluding hydrogens is 1790 g/mol. The Morgan fingerprint density at radius 3 is 0.866 bits per heavy atom. The molecule has 5 aromatic carbocycles. The SMILES string of the molecule is CC(=O)N(O)CCC(c1ccc(C)cc1)P(=O)(O)O.CC(=O)N(O)CCC(c1ccc(Cl)c(Cl)c1)P(=O)(O)O.CC(=O)N(O)CCC(c1ccc(Cl)cc1)P(=O)(O)O.CC(=O)N(O)CCC(c1ccccc1)P(=O)(O)O.CC(=O)N(O)CCCP(=O)(O)O.COc1ccc(C(CCN(O)C(C)=O)P(=O)(O)O)cc1.O=CN(O)CCCP(=O)(O)O. The van der Waals surface area contributed by atoms with Crippen molar-refractivity contribution in [2.75, 3.05) is 65.2 Å². The fourth-order valence-electron chi connectivity index (χ4n) is 9.42. The molecule has 0 saturated carbocycles. The molecule has 0 fully saturated rings. The van der Waals surface area contributed by atoms with Crippen molar-refractivity contribution in [3.05, 3.63) is 170 Å². The highest BCUT2D eigenvalue weighted by atomic mass is 35.5. The van der Waals surface area contributed by atoms with Crippen molar-refractivity contribution in [1.29, 1.82) is 0 Å². The molecule has 5 atom stereocenters. The first-order chi connectivity index (χ1) is 54.4. The molecule has 0 bridgehead atoms. The summed E-state index contributed by atoms with van der Waals surface area (Å²) in [5.74, 6) is -2.86. The van der Waals surface area contributed by atoms with Crippen LogP contribution in [-0.4, -0.2) is 248 Å². The Kier molecular flexibility index (Phi) is 53.2. The minimum absolute atomic E-state index is 0.00955. The summed E-state index contributed by atoms with van der Waals surface area (Å²) in [5, 5.41) is 67.3. The number of carbonyl (C=O) groups is 7. The summed E-state index contributed by atoms with van der Waals surface area (Å²) >= 11 is 17.3. The molecule has 0 aliphatic heterocycles. The van der Waals surface area contributed by atoms with E-state index in [-0.39, 0.29) is 120 Å². The number of hydrogen-bond acceptors (Lipinski definition) is 22. The molecule has 43 nitrogen and oxygen atoms in total. The number of hydroxylamine groups is 14. The molecule has 0 spiro atoms. The van der Waals surface area contributed by atoms with Crippen LogP contribution in [0.2, 0.25) is 15.1 Å². The van der Waals surface area contributed by atoms with Gasteiger partial charge >= 0.3 is 53.2 Å². The normalized spacial score (nSPS) is 12.7. The minimum Gasteiger partial charge on any atom is -0.497 e. The minimum atomic E-state index is -4.47. The number of methoxy groups -OCH3 is 1. The van der Waals surface area contributed by atoms with Crippen molar-refractivity contribution in [3.63, 3.8) is 0 Å². The fraction of sp³-hybridized carbons (Fsp3) is 0.439. The lowest BCUT2D eigenvalue weighted by atomic mass is 10.1. The van der Waals surface area contributed by atoms with Crippen LogP contribution in [0.15, 0.2) is 121 Å². The molecule has 0 saturated heterocycles. The summed E-state index contributed by atoms with van der Waals surface area (Å²) in [5.41, 5.74) is -2.28. The van der Waals surface area contributed by atoms with E-state index in [1.54, 1.807) is 78.9 Å². The highest BCUT2D eigenvalue weighted by Crippen LogP contribution is 2.58. The van der Waals surface area contributed by atoms with Crippen molar-refractivity contribution in [3.8, 4) is 5.75 Å². The molecule has 119 heavy (non-hydrogen) atoms. The molecule has 5 unspecified atom stereocenters. The maximum absolute atomic E-state index is 11.5. The molecule has 7 amide bonds. The number of hydrogen-bond donors (Lipinski definition) is 21. The molecule has 21 N–H and O–H groups in total. The number of ether oxygens (including phenoxy) is 1. The van der Waals surface area contributed by atoms with Crippen LogP contribution < -0.4 is 4.74 Å². The lowest BCUT2D eigenvalue weighted by Gasteiger charge is -2.21. The van der Waals surface area contributed by atoms with Gasteiger partial charge in [-0.05, 0) is 116 Å². The smallest absolute Gasteiger partial charge is 0.333 e. The van der Waals surface area contributed by atoms with E-state index in [2.05, 4.69) is 0 Å². The number of amides is 7. The van der Waals surface area contributed by atoms with Crippen LogP contribution in [0.3, 0.4) is 0 Å². The van der Waals surface area contributed by atoms with Crippen LogP contribution in [0.5, 0.6) is 5.75 Å². The average molecular weight is 1890 g/mol. The Morgan fingerprint density at radius 2 is 0.605 bits per heavy atom. The Balaban J connectivity index is 0. The van der Waals surface area contributed by atoms with Crippen LogP contribution in [0, 0.1) is 6.92 Å².